The van der Waals surface area contributed by atoms with E-state index in [1.165, 1.54) is 0 Å². The second-order valence-electron chi connectivity index (χ2n) is 2.52. The van der Waals surface area contributed by atoms with Crippen LogP contribution < -0.4 is 0 Å². The van der Waals surface area contributed by atoms with Crippen molar-refractivity contribution in [3.8, 4) is 0 Å². The molecule has 1 aliphatic rings. The Hall–Kier alpha value is 0.415. The Morgan fingerprint density at radius 1 is 1.78 bits per heavy atom. The summed E-state index contributed by atoms with van der Waals surface area (Å²) in [5.74, 6) is 0. The lowest BCUT2D eigenvalue weighted by molar-refractivity contribution is 0.0487. The number of hydrogen-bond donors (Lipinski definition) is 1. The molecule has 0 aromatic rings. The first-order valence-corrected chi connectivity index (χ1v) is 4.09. The lowest BCUT2D eigenvalue weighted by Gasteiger charge is -2.09. The minimum absolute atomic E-state index is 0.0602. The highest BCUT2D eigenvalue weighted by molar-refractivity contribution is 7.16. The molecule has 1 rings (SSSR count). The second kappa shape index (κ2) is 3.00. The summed E-state index contributed by atoms with van der Waals surface area (Å²) in [6, 6.07) is 0.241. The maximum absolute atomic E-state index is 9.22. The van der Waals surface area contributed by atoms with Gasteiger partial charge in [0.05, 0.1) is 12.2 Å². The normalized spacial score (nSPS) is 43.6. The van der Waals surface area contributed by atoms with Gasteiger partial charge in [-0.3, -0.25) is 0 Å². The predicted octanol–water partition coefficient (Wildman–Crippen LogP) is -1.03. The van der Waals surface area contributed by atoms with Crippen LogP contribution in [0.25, 0.3) is 0 Å². The van der Waals surface area contributed by atoms with Gasteiger partial charge in [-0.15, -0.1) is 9.24 Å². The first kappa shape index (κ1) is 7.52. The zero-order chi connectivity index (χ0) is 6.85. The Kier molecular flexibility index (Phi) is 2.51. The Morgan fingerprint density at radius 3 is 2.67 bits per heavy atom. The molecule has 0 saturated carbocycles. The van der Waals surface area contributed by atoms with Crippen LogP contribution in [0.3, 0.4) is 0 Å². The Balaban J connectivity index is 2.38. The minimum atomic E-state index is -0.238. The van der Waals surface area contributed by atoms with Crippen LogP contribution in [0.15, 0.2) is 0 Å². The number of ether oxygens (including phenoxy) is 1. The van der Waals surface area contributed by atoms with Gasteiger partial charge in [-0.25, -0.2) is 0 Å². The van der Waals surface area contributed by atoms with Gasteiger partial charge >= 0.3 is 0 Å². The van der Waals surface area contributed by atoms with Crippen molar-refractivity contribution < 1.29 is 9.84 Å². The summed E-state index contributed by atoms with van der Waals surface area (Å²) in [7, 11) is 4.57. The number of aliphatic hydroxyl groups is 1. The summed E-state index contributed by atoms with van der Waals surface area (Å²) in [5, 5.41) is 9.22. The zero-order valence-corrected chi connectivity index (χ0v) is 6.73. The van der Waals surface area contributed by atoms with Crippen LogP contribution in [0.1, 0.15) is 6.42 Å². The highest BCUT2D eigenvalue weighted by atomic mass is 31.0. The molecule has 2 unspecified atom stereocenters. The molecule has 0 aromatic carbocycles. The monoisotopic (exact) mass is 146 g/mol. The van der Waals surface area contributed by atoms with E-state index in [4.69, 9.17) is 4.74 Å². The summed E-state index contributed by atoms with van der Waals surface area (Å²) in [5.41, 5.74) is 0. The lowest BCUT2D eigenvalue weighted by Crippen LogP contribution is -2.21. The van der Waals surface area contributed by atoms with Gasteiger partial charge in [0.25, 0.3) is 0 Å². The molecule has 52 valence electrons. The molecular formula is C5H12BO2P. The fourth-order valence-corrected chi connectivity index (χ4v) is 1.57. The second-order valence-corrected chi connectivity index (χ2v) is 3.00. The van der Waals surface area contributed by atoms with E-state index in [1.54, 1.807) is 0 Å². The van der Waals surface area contributed by atoms with Crippen LogP contribution in [-0.2, 0) is 4.74 Å². The average Bonchev–Trinajstić information content (AvgIpc) is 2.10. The Bertz CT molecular complexity index is 101. The summed E-state index contributed by atoms with van der Waals surface area (Å²) < 4.78 is 5.35. The molecule has 9 heavy (non-hydrogen) atoms. The molecular weight excluding hydrogens is 134 g/mol. The molecule has 0 bridgehead atoms. The summed E-state index contributed by atoms with van der Waals surface area (Å²) in [6.45, 7) is 0. The van der Waals surface area contributed by atoms with E-state index in [9.17, 15) is 5.11 Å². The van der Waals surface area contributed by atoms with Gasteiger partial charge in [-0.1, -0.05) is 0 Å². The van der Waals surface area contributed by atoms with E-state index in [2.05, 4.69) is 9.24 Å². The van der Waals surface area contributed by atoms with Crippen molar-refractivity contribution in [3.63, 3.8) is 0 Å². The van der Waals surface area contributed by atoms with Crippen molar-refractivity contribution in [2.24, 2.45) is 0 Å². The van der Waals surface area contributed by atoms with E-state index in [1.807, 2.05) is 7.85 Å². The van der Waals surface area contributed by atoms with Gasteiger partial charge < -0.3 is 9.84 Å². The molecule has 1 saturated heterocycles. The quantitative estimate of drug-likeness (QED) is 0.378. The van der Waals surface area contributed by atoms with Crippen molar-refractivity contribution in [2.45, 2.75) is 24.6 Å². The molecule has 1 N–H and O–H groups in total. The third kappa shape index (κ3) is 1.67. The molecule has 0 radical (unpaired) electrons. The van der Waals surface area contributed by atoms with Gasteiger partial charge in [0.1, 0.15) is 7.85 Å². The molecule has 0 amide bonds. The largest absolute Gasteiger partial charge is 0.390 e. The van der Waals surface area contributed by atoms with Gasteiger partial charge in [0.15, 0.2) is 0 Å². The summed E-state index contributed by atoms with van der Waals surface area (Å²) in [6.07, 6.45) is 1.45. The van der Waals surface area contributed by atoms with Crippen molar-refractivity contribution in [1.29, 1.82) is 0 Å². The molecule has 0 spiro atoms. The van der Waals surface area contributed by atoms with Gasteiger partial charge in [-0.2, -0.15) is 0 Å². The van der Waals surface area contributed by atoms with Crippen LogP contribution in [0.2, 0.25) is 0 Å². The smallest absolute Gasteiger partial charge is 0.139 e. The van der Waals surface area contributed by atoms with Crippen LogP contribution in [-0.4, -0.2) is 37.3 Å². The van der Waals surface area contributed by atoms with Crippen molar-refractivity contribution in [1.82, 2.24) is 0 Å². The summed E-state index contributed by atoms with van der Waals surface area (Å²) in [4.78, 5) is 0. The van der Waals surface area contributed by atoms with Crippen LogP contribution in [0.5, 0.6) is 0 Å². The van der Waals surface area contributed by atoms with Crippen molar-refractivity contribution >= 4 is 17.1 Å². The minimum Gasteiger partial charge on any atom is -0.390 e. The molecule has 0 aliphatic carbocycles. The van der Waals surface area contributed by atoms with E-state index in [-0.39, 0.29) is 18.2 Å². The molecule has 1 fully saturated rings. The zero-order valence-electron chi connectivity index (χ0n) is 5.58. The molecule has 4 heteroatoms. The van der Waals surface area contributed by atoms with E-state index in [0.717, 1.165) is 12.6 Å². The predicted molar refractivity (Wildman–Crippen MR) is 42.4 cm³/mol. The fourth-order valence-electron chi connectivity index (χ4n) is 1.15. The maximum Gasteiger partial charge on any atom is 0.139 e. The van der Waals surface area contributed by atoms with Crippen LogP contribution in [0.4, 0.5) is 0 Å². The SMILES string of the molecule is B[C@H]1CC(O)[C@@H](CP)O1. The van der Waals surface area contributed by atoms with Gasteiger partial charge in [-0.05, 0) is 12.6 Å². The van der Waals surface area contributed by atoms with Gasteiger partial charge in [0, 0.05) is 6.00 Å². The van der Waals surface area contributed by atoms with Gasteiger partial charge in [0.2, 0.25) is 0 Å². The molecule has 1 heterocycles. The average molecular weight is 146 g/mol. The highest BCUT2D eigenvalue weighted by Gasteiger charge is 2.29. The number of hydrogen-bond acceptors (Lipinski definition) is 2. The van der Waals surface area contributed by atoms with Crippen molar-refractivity contribution in [3.05, 3.63) is 0 Å². The topological polar surface area (TPSA) is 29.5 Å². The fraction of sp³-hybridized carbons (Fsp3) is 1.00. The highest BCUT2D eigenvalue weighted by Crippen LogP contribution is 2.19. The molecule has 1 aliphatic heterocycles. The number of rotatable bonds is 1. The van der Waals surface area contributed by atoms with Crippen LogP contribution in [0, 0.1) is 0 Å². The third-order valence-electron chi connectivity index (χ3n) is 1.64. The first-order chi connectivity index (χ1) is 4.24. The maximum atomic E-state index is 9.22. The Labute approximate surface area is 58.6 Å². The van der Waals surface area contributed by atoms with Crippen molar-refractivity contribution in [2.75, 3.05) is 6.16 Å². The third-order valence-corrected chi connectivity index (χ3v) is 2.11. The van der Waals surface area contributed by atoms with E-state index >= 15 is 0 Å². The molecule has 4 atom stereocenters. The lowest BCUT2D eigenvalue weighted by atomic mass is 9.96. The molecule has 0 aromatic heterocycles. The van der Waals surface area contributed by atoms with E-state index in [0.29, 0.717) is 0 Å². The molecule has 2 nitrogen and oxygen atoms in total. The van der Waals surface area contributed by atoms with Crippen LogP contribution >= 0.6 is 9.24 Å². The Morgan fingerprint density at radius 2 is 2.44 bits per heavy atom. The standard InChI is InChI=1S/C5H12BO2P/c6-5-1-3(7)4(2-9)8-5/h3-5,7H,1-2,6,9H2/t3?,4-,5-/m1/s1. The first-order valence-electron chi connectivity index (χ1n) is 3.27. The number of aliphatic hydroxyl groups excluding tert-OH is 1. The van der Waals surface area contributed by atoms with E-state index < -0.39 is 0 Å². The summed E-state index contributed by atoms with van der Waals surface area (Å²) >= 11 is 0.